The lowest BCUT2D eigenvalue weighted by molar-refractivity contribution is 0.678. The summed E-state index contributed by atoms with van der Waals surface area (Å²) >= 11 is 0. The summed E-state index contributed by atoms with van der Waals surface area (Å²) in [5, 5.41) is 0. The molecule has 0 aliphatic carbocycles. The second kappa shape index (κ2) is 2.90. The number of nitrogens with one attached hydrogen (secondary N) is 1. The highest BCUT2D eigenvalue weighted by Gasteiger charge is 2.05. The molecule has 0 amide bonds. The van der Waals surface area contributed by atoms with Gasteiger partial charge >= 0.3 is 0 Å². The standard InChI is InChI=1S/C9H13NOS/c1-7-4-5-9(8(2)6-7)12(3,10)11/h4-6,10H,1-3H3/t12-/m0/s1. The Morgan fingerprint density at radius 3 is 2.33 bits per heavy atom. The van der Waals surface area contributed by atoms with Gasteiger partial charge in [0.25, 0.3) is 0 Å². The molecule has 2 nitrogen and oxygen atoms in total. The van der Waals surface area contributed by atoms with E-state index in [1.807, 2.05) is 26.0 Å². The lowest BCUT2D eigenvalue weighted by Crippen LogP contribution is -1.97. The molecule has 3 heteroatoms. The molecular formula is C9H13NOS. The molecule has 1 aromatic carbocycles. The van der Waals surface area contributed by atoms with E-state index >= 15 is 0 Å². The molecule has 12 heavy (non-hydrogen) atoms. The third-order valence-electron chi connectivity index (χ3n) is 1.75. The number of benzene rings is 1. The molecule has 0 bridgehead atoms. The molecule has 0 heterocycles. The highest BCUT2D eigenvalue weighted by Crippen LogP contribution is 2.16. The SMILES string of the molecule is Cc1ccc([S@@](C)(=N)=O)c(C)c1. The van der Waals surface area contributed by atoms with Crippen molar-refractivity contribution in [3.05, 3.63) is 29.3 Å². The Bertz CT molecular complexity index is 393. The van der Waals surface area contributed by atoms with E-state index in [4.69, 9.17) is 4.78 Å². The Balaban J connectivity index is 3.39. The van der Waals surface area contributed by atoms with Gasteiger partial charge in [0.1, 0.15) is 0 Å². The second-order valence-corrected chi connectivity index (χ2v) is 5.24. The van der Waals surface area contributed by atoms with Crippen LogP contribution in [0.1, 0.15) is 11.1 Å². The van der Waals surface area contributed by atoms with E-state index in [-0.39, 0.29) is 0 Å². The minimum absolute atomic E-state index is 0.646. The van der Waals surface area contributed by atoms with E-state index in [1.165, 1.54) is 6.26 Å². The number of hydrogen-bond donors (Lipinski definition) is 1. The first-order valence-electron chi connectivity index (χ1n) is 3.72. The van der Waals surface area contributed by atoms with Crippen LogP contribution in [0.3, 0.4) is 0 Å². The quantitative estimate of drug-likeness (QED) is 0.713. The fraction of sp³-hybridized carbons (Fsp3) is 0.333. The Kier molecular flexibility index (Phi) is 2.24. The fourth-order valence-electron chi connectivity index (χ4n) is 1.24. The van der Waals surface area contributed by atoms with Crippen LogP contribution in [0.4, 0.5) is 0 Å². The van der Waals surface area contributed by atoms with Gasteiger partial charge in [0.15, 0.2) is 0 Å². The number of hydrogen-bond acceptors (Lipinski definition) is 2. The molecule has 0 aromatic heterocycles. The van der Waals surface area contributed by atoms with E-state index in [0.717, 1.165) is 11.1 Å². The Hall–Kier alpha value is -0.830. The highest BCUT2D eigenvalue weighted by molar-refractivity contribution is 7.91. The smallest absolute Gasteiger partial charge is 0.0699 e. The van der Waals surface area contributed by atoms with Gasteiger partial charge in [-0.3, -0.25) is 0 Å². The molecule has 0 saturated heterocycles. The van der Waals surface area contributed by atoms with Crippen molar-refractivity contribution in [3.63, 3.8) is 0 Å². The molecule has 0 unspecified atom stereocenters. The molecule has 1 atom stereocenters. The predicted octanol–water partition coefficient (Wildman–Crippen LogP) is 2.34. The Morgan fingerprint density at radius 1 is 1.33 bits per heavy atom. The maximum absolute atomic E-state index is 11.4. The molecule has 0 aliphatic rings. The molecule has 0 spiro atoms. The topological polar surface area (TPSA) is 40.9 Å². The van der Waals surface area contributed by atoms with Crippen LogP contribution < -0.4 is 0 Å². The summed E-state index contributed by atoms with van der Waals surface area (Å²) in [6.07, 6.45) is 1.45. The van der Waals surface area contributed by atoms with Crippen LogP contribution in [0.25, 0.3) is 0 Å². The summed E-state index contributed by atoms with van der Waals surface area (Å²) in [6.45, 7) is 3.87. The minimum Gasteiger partial charge on any atom is -0.249 e. The van der Waals surface area contributed by atoms with E-state index in [0.29, 0.717) is 4.90 Å². The second-order valence-electron chi connectivity index (χ2n) is 3.11. The zero-order valence-corrected chi connectivity index (χ0v) is 8.37. The average molecular weight is 183 g/mol. The third-order valence-corrected chi connectivity index (χ3v) is 3.05. The summed E-state index contributed by atoms with van der Waals surface area (Å²) in [6, 6.07) is 5.62. The van der Waals surface area contributed by atoms with Crippen LogP contribution in [0.5, 0.6) is 0 Å². The lowest BCUT2D eigenvalue weighted by Gasteiger charge is -2.05. The van der Waals surface area contributed by atoms with Gasteiger partial charge in [-0.1, -0.05) is 17.7 Å². The van der Waals surface area contributed by atoms with Gasteiger partial charge in [0.05, 0.1) is 9.73 Å². The van der Waals surface area contributed by atoms with Crippen molar-refractivity contribution < 1.29 is 4.21 Å². The monoisotopic (exact) mass is 183 g/mol. The fourth-order valence-corrected chi connectivity index (χ4v) is 2.24. The van der Waals surface area contributed by atoms with Gasteiger partial charge in [-0.15, -0.1) is 0 Å². The maximum Gasteiger partial charge on any atom is 0.0699 e. The van der Waals surface area contributed by atoms with Crippen molar-refractivity contribution in [1.29, 1.82) is 4.78 Å². The summed E-state index contributed by atoms with van der Waals surface area (Å²) in [5.41, 5.74) is 2.08. The van der Waals surface area contributed by atoms with Gasteiger partial charge in [0, 0.05) is 11.2 Å². The Labute approximate surface area is 73.6 Å². The van der Waals surface area contributed by atoms with Crippen LogP contribution in [0, 0.1) is 18.6 Å². The highest BCUT2D eigenvalue weighted by atomic mass is 32.2. The maximum atomic E-state index is 11.4. The first-order chi connectivity index (χ1) is 5.41. The minimum atomic E-state index is -2.55. The first kappa shape index (κ1) is 9.26. The third kappa shape index (κ3) is 1.85. The molecule has 1 rings (SSSR count). The van der Waals surface area contributed by atoms with Crippen molar-refractivity contribution in [2.24, 2.45) is 0 Å². The zero-order chi connectivity index (χ0) is 9.35. The summed E-state index contributed by atoms with van der Waals surface area (Å²) < 4.78 is 18.8. The number of aryl methyl sites for hydroxylation is 2. The van der Waals surface area contributed by atoms with Crippen LogP contribution in [-0.4, -0.2) is 10.5 Å². The van der Waals surface area contributed by atoms with Crippen LogP contribution >= 0.6 is 0 Å². The van der Waals surface area contributed by atoms with Crippen LogP contribution in [0.2, 0.25) is 0 Å². The largest absolute Gasteiger partial charge is 0.249 e. The first-order valence-corrected chi connectivity index (χ1v) is 5.69. The summed E-state index contributed by atoms with van der Waals surface area (Å²) in [4.78, 5) is 0.646. The van der Waals surface area contributed by atoms with Gasteiger partial charge in [-0.2, -0.15) is 0 Å². The lowest BCUT2D eigenvalue weighted by atomic mass is 10.2. The van der Waals surface area contributed by atoms with Gasteiger partial charge in [-0.05, 0) is 25.5 Å². The summed E-state index contributed by atoms with van der Waals surface area (Å²) in [7, 11) is -2.55. The van der Waals surface area contributed by atoms with E-state index in [9.17, 15) is 4.21 Å². The van der Waals surface area contributed by atoms with E-state index in [1.54, 1.807) is 6.07 Å². The Morgan fingerprint density at radius 2 is 1.92 bits per heavy atom. The van der Waals surface area contributed by atoms with Gasteiger partial charge < -0.3 is 0 Å². The summed E-state index contributed by atoms with van der Waals surface area (Å²) in [5.74, 6) is 0. The molecule has 0 saturated carbocycles. The molecule has 66 valence electrons. The van der Waals surface area contributed by atoms with E-state index in [2.05, 4.69) is 0 Å². The van der Waals surface area contributed by atoms with Crippen molar-refractivity contribution in [2.45, 2.75) is 18.7 Å². The number of rotatable bonds is 1. The molecule has 0 radical (unpaired) electrons. The zero-order valence-electron chi connectivity index (χ0n) is 7.55. The van der Waals surface area contributed by atoms with E-state index < -0.39 is 9.73 Å². The van der Waals surface area contributed by atoms with Crippen molar-refractivity contribution in [2.75, 3.05) is 6.26 Å². The molecule has 1 N–H and O–H groups in total. The van der Waals surface area contributed by atoms with Crippen molar-refractivity contribution in [3.8, 4) is 0 Å². The van der Waals surface area contributed by atoms with Crippen LogP contribution in [0.15, 0.2) is 23.1 Å². The van der Waals surface area contributed by atoms with Gasteiger partial charge in [-0.25, -0.2) is 8.99 Å². The van der Waals surface area contributed by atoms with Crippen molar-refractivity contribution in [1.82, 2.24) is 0 Å². The van der Waals surface area contributed by atoms with Crippen LogP contribution in [-0.2, 0) is 9.73 Å². The predicted molar refractivity (Wildman–Crippen MR) is 51.0 cm³/mol. The normalized spacial score (nSPS) is 15.6. The molecule has 0 aliphatic heterocycles. The average Bonchev–Trinajstić information content (AvgIpc) is 1.83. The van der Waals surface area contributed by atoms with Gasteiger partial charge in [0.2, 0.25) is 0 Å². The molecule has 0 fully saturated rings. The molecule has 1 aromatic rings. The van der Waals surface area contributed by atoms with Crippen molar-refractivity contribution >= 4 is 9.73 Å². The molecular weight excluding hydrogens is 170 g/mol.